The summed E-state index contributed by atoms with van der Waals surface area (Å²) >= 11 is 18.0. The first-order valence-corrected chi connectivity index (χ1v) is 10.3. The molecule has 0 aliphatic heterocycles. The highest BCUT2D eigenvalue weighted by Gasteiger charge is 2.22. The van der Waals surface area contributed by atoms with Gasteiger partial charge in [-0.1, -0.05) is 40.0 Å². The molecule has 26 heavy (non-hydrogen) atoms. The van der Waals surface area contributed by atoms with Crippen molar-refractivity contribution in [3.63, 3.8) is 0 Å². The maximum Gasteiger partial charge on any atom is 0.262 e. The van der Waals surface area contributed by atoms with E-state index >= 15 is 0 Å². The van der Waals surface area contributed by atoms with Crippen LogP contribution in [0.2, 0.25) is 15.1 Å². The molecule has 3 aromatic rings. The Balaban J connectivity index is 2.13. The van der Waals surface area contributed by atoms with Crippen LogP contribution < -0.4 is 4.74 Å². The second-order valence-electron chi connectivity index (χ2n) is 4.97. The number of ether oxygens (including phenoxy) is 1. The van der Waals surface area contributed by atoms with Gasteiger partial charge in [0.1, 0.15) is 10.6 Å². The number of methoxy groups -OCH3 is 1. The molecule has 0 fully saturated rings. The monoisotopic (exact) mass is 452 g/mol. The van der Waals surface area contributed by atoms with Crippen molar-refractivity contribution >= 4 is 54.5 Å². The number of aromatic nitrogens is 2. The average molecular weight is 454 g/mol. The number of hydrogen-bond donors (Lipinski definition) is 0. The summed E-state index contributed by atoms with van der Waals surface area (Å²) in [5, 5.41) is 4.32. The molecule has 0 amide bonds. The van der Waals surface area contributed by atoms with E-state index in [-0.39, 0.29) is 32.2 Å². The number of halogens is 4. The van der Waals surface area contributed by atoms with E-state index in [0.29, 0.717) is 16.3 Å². The third kappa shape index (κ3) is 3.77. The molecule has 0 aliphatic carbocycles. The fraction of sp³-hybridized carbons (Fsp3) is 0.0667. The maximum atomic E-state index is 11.6. The molecule has 0 unspecified atom stereocenters. The van der Waals surface area contributed by atoms with E-state index in [1.807, 2.05) is 0 Å². The lowest BCUT2D eigenvalue weighted by Gasteiger charge is -2.05. The van der Waals surface area contributed by atoms with Gasteiger partial charge >= 0.3 is 0 Å². The van der Waals surface area contributed by atoms with Crippen molar-refractivity contribution in [2.75, 3.05) is 7.11 Å². The lowest BCUT2D eigenvalue weighted by Crippen LogP contribution is -1.94. The van der Waals surface area contributed by atoms with Crippen molar-refractivity contribution in [2.24, 2.45) is 0 Å². The zero-order valence-electron chi connectivity index (χ0n) is 12.8. The van der Waals surface area contributed by atoms with Crippen molar-refractivity contribution < 1.29 is 17.7 Å². The van der Waals surface area contributed by atoms with Crippen LogP contribution >= 0.6 is 45.5 Å². The molecule has 3 rings (SSSR count). The van der Waals surface area contributed by atoms with Crippen LogP contribution in [0.5, 0.6) is 5.75 Å². The summed E-state index contributed by atoms with van der Waals surface area (Å²) in [6.07, 6.45) is 0. The van der Waals surface area contributed by atoms with Gasteiger partial charge in [-0.05, 0) is 30.3 Å². The van der Waals surface area contributed by atoms with Crippen molar-refractivity contribution in [3.8, 4) is 28.6 Å². The number of nitrogens with zero attached hydrogens (tertiary/aromatic N) is 2. The van der Waals surface area contributed by atoms with Crippen LogP contribution in [0.1, 0.15) is 0 Å². The molecule has 0 atom stereocenters. The Morgan fingerprint density at radius 1 is 1.04 bits per heavy atom. The van der Waals surface area contributed by atoms with E-state index in [9.17, 15) is 8.42 Å². The van der Waals surface area contributed by atoms with Crippen LogP contribution in [0.3, 0.4) is 0 Å². The first-order chi connectivity index (χ1) is 12.2. The predicted molar refractivity (Wildman–Crippen MR) is 99.8 cm³/mol. The number of rotatable bonds is 4. The smallest absolute Gasteiger partial charge is 0.262 e. The van der Waals surface area contributed by atoms with Gasteiger partial charge in [0, 0.05) is 15.7 Å². The molecule has 2 aromatic carbocycles. The second-order valence-corrected chi connectivity index (χ2v) is 8.75. The Bertz CT molecular complexity index is 1100. The first kappa shape index (κ1) is 19.3. The predicted octanol–water partition coefficient (Wildman–Crippen LogP) is 5.30. The standard InChI is InChI=1S/C15H8Cl4N2O4S/c1-24-12-3-2-7(16)4-9(12)14-20-15(25-21-14)8-5-13(26(19,22)23)11(18)6-10(8)17/h2-6H,1H3. The van der Waals surface area contributed by atoms with Crippen LogP contribution in [0, 0.1) is 0 Å². The molecule has 0 radical (unpaired) electrons. The molecular formula is C15H8Cl4N2O4S. The summed E-state index contributed by atoms with van der Waals surface area (Å²) in [7, 11) is 2.78. The molecule has 0 saturated carbocycles. The molecule has 6 nitrogen and oxygen atoms in total. The highest BCUT2D eigenvalue weighted by Crippen LogP contribution is 2.37. The van der Waals surface area contributed by atoms with Crippen molar-refractivity contribution in [1.82, 2.24) is 10.1 Å². The average Bonchev–Trinajstić information content (AvgIpc) is 3.03. The molecule has 0 bridgehead atoms. The Kier molecular flexibility index (Phi) is 5.37. The SMILES string of the molecule is COc1ccc(Cl)cc1-c1noc(-c2cc(S(=O)(=O)Cl)c(Cl)cc2Cl)n1. The Hall–Kier alpha value is -1.51. The Labute approximate surface area is 168 Å². The van der Waals surface area contributed by atoms with Gasteiger partial charge in [-0.2, -0.15) is 4.98 Å². The molecule has 1 aromatic heterocycles. The van der Waals surface area contributed by atoms with Crippen LogP contribution in [0.4, 0.5) is 0 Å². The van der Waals surface area contributed by atoms with E-state index < -0.39 is 9.05 Å². The molecule has 0 spiro atoms. The van der Waals surface area contributed by atoms with E-state index in [0.717, 1.165) is 0 Å². The molecule has 0 aliphatic rings. The molecule has 136 valence electrons. The summed E-state index contributed by atoms with van der Waals surface area (Å²) in [5.41, 5.74) is 0.653. The summed E-state index contributed by atoms with van der Waals surface area (Å²) in [4.78, 5) is 3.91. The minimum atomic E-state index is -4.09. The number of benzene rings is 2. The van der Waals surface area contributed by atoms with E-state index in [1.165, 1.54) is 19.2 Å². The van der Waals surface area contributed by atoms with Gasteiger partial charge in [0.05, 0.1) is 28.3 Å². The van der Waals surface area contributed by atoms with Gasteiger partial charge in [0.15, 0.2) is 0 Å². The van der Waals surface area contributed by atoms with Gasteiger partial charge in [-0.25, -0.2) is 8.42 Å². The largest absolute Gasteiger partial charge is 0.496 e. The summed E-state index contributed by atoms with van der Waals surface area (Å²) in [6, 6.07) is 7.31. The lowest BCUT2D eigenvalue weighted by atomic mass is 10.2. The third-order valence-corrected chi connectivity index (χ3v) is 5.68. The Morgan fingerprint density at radius 3 is 2.42 bits per heavy atom. The molecule has 11 heteroatoms. The topological polar surface area (TPSA) is 82.3 Å². The molecule has 1 heterocycles. The van der Waals surface area contributed by atoms with Gasteiger partial charge in [-0.3, -0.25) is 0 Å². The van der Waals surface area contributed by atoms with Crippen molar-refractivity contribution in [2.45, 2.75) is 4.90 Å². The van der Waals surface area contributed by atoms with E-state index in [4.69, 9.17) is 54.7 Å². The minimum absolute atomic E-state index is 0.0229. The van der Waals surface area contributed by atoms with Crippen LogP contribution in [-0.2, 0) is 9.05 Å². The maximum absolute atomic E-state index is 11.6. The Morgan fingerprint density at radius 2 is 1.77 bits per heavy atom. The zero-order chi connectivity index (χ0) is 19.1. The van der Waals surface area contributed by atoms with Gasteiger partial charge < -0.3 is 9.26 Å². The fourth-order valence-corrected chi connectivity index (χ4v) is 4.17. The van der Waals surface area contributed by atoms with Crippen LogP contribution in [0.15, 0.2) is 39.8 Å². The van der Waals surface area contributed by atoms with Crippen LogP contribution in [-0.4, -0.2) is 25.7 Å². The third-order valence-electron chi connectivity index (χ3n) is 3.34. The molecular weight excluding hydrogens is 446 g/mol. The summed E-state index contributed by atoms with van der Waals surface area (Å²) in [6.45, 7) is 0. The first-order valence-electron chi connectivity index (χ1n) is 6.82. The minimum Gasteiger partial charge on any atom is -0.496 e. The molecule has 0 N–H and O–H groups in total. The summed E-state index contributed by atoms with van der Waals surface area (Å²) in [5.74, 6) is 0.638. The van der Waals surface area contributed by atoms with Gasteiger partial charge in [0.25, 0.3) is 14.9 Å². The fourth-order valence-electron chi connectivity index (χ4n) is 2.18. The van der Waals surface area contributed by atoms with E-state index in [2.05, 4.69) is 10.1 Å². The normalized spacial score (nSPS) is 11.6. The highest BCUT2D eigenvalue weighted by atomic mass is 35.7. The second kappa shape index (κ2) is 7.25. The van der Waals surface area contributed by atoms with Crippen molar-refractivity contribution in [1.29, 1.82) is 0 Å². The van der Waals surface area contributed by atoms with Gasteiger partial charge in [-0.15, -0.1) is 0 Å². The van der Waals surface area contributed by atoms with E-state index in [1.54, 1.807) is 18.2 Å². The molecule has 0 saturated heterocycles. The zero-order valence-corrected chi connectivity index (χ0v) is 16.7. The van der Waals surface area contributed by atoms with Crippen LogP contribution in [0.25, 0.3) is 22.8 Å². The summed E-state index contributed by atoms with van der Waals surface area (Å²) < 4.78 is 33.7. The lowest BCUT2D eigenvalue weighted by molar-refractivity contribution is 0.413. The highest BCUT2D eigenvalue weighted by molar-refractivity contribution is 8.13. The quantitative estimate of drug-likeness (QED) is 0.498. The van der Waals surface area contributed by atoms with Crippen molar-refractivity contribution in [3.05, 3.63) is 45.4 Å². The van der Waals surface area contributed by atoms with Gasteiger partial charge in [0.2, 0.25) is 5.82 Å². The number of hydrogen-bond acceptors (Lipinski definition) is 6.